The van der Waals surface area contributed by atoms with Gasteiger partial charge in [-0.15, -0.1) is 0 Å². The van der Waals surface area contributed by atoms with Gasteiger partial charge in [0.05, 0.1) is 38.1 Å². The van der Waals surface area contributed by atoms with E-state index in [1.54, 1.807) is 0 Å². The quantitative estimate of drug-likeness (QED) is 0.349. The van der Waals surface area contributed by atoms with Gasteiger partial charge in [-0.3, -0.25) is 14.5 Å². The second-order valence-electron chi connectivity index (χ2n) is 5.42. The van der Waals surface area contributed by atoms with Crippen molar-refractivity contribution in [3.8, 4) is 0 Å². The maximum atomic E-state index is 12.3. The highest BCUT2D eigenvalue weighted by atomic mass is 16.3. The van der Waals surface area contributed by atoms with E-state index in [1.807, 2.05) is 5.32 Å². The normalized spacial score (nSPS) is 36.8. The summed E-state index contributed by atoms with van der Waals surface area (Å²) in [6.45, 7) is 1.90. The fourth-order valence-corrected chi connectivity index (χ4v) is 3.64. The van der Waals surface area contributed by atoms with Crippen LogP contribution in [0.15, 0.2) is 12.2 Å². The summed E-state index contributed by atoms with van der Waals surface area (Å²) in [4.78, 5) is 26.0. The van der Waals surface area contributed by atoms with E-state index in [-0.39, 0.29) is 30.3 Å². The molecule has 2 amide bonds. The minimum atomic E-state index is -0.0784. The number of carbonyl (C=O) groups excluding carboxylic acids is 2. The lowest BCUT2D eigenvalue weighted by Crippen LogP contribution is -2.86. The van der Waals surface area contributed by atoms with Gasteiger partial charge in [-0.25, -0.2) is 0 Å². The molecule has 5 heteroatoms. The van der Waals surface area contributed by atoms with Crippen molar-refractivity contribution in [2.24, 2.45) is 23.7 Å². The molecule has 3 N–H and O–H groups in total. The Kier molecular flexibility index (Phi) is 2.95. The molecule has 1 saturated carbocycles. The summed E-state index contributed by atoms with van der Waals surface area (Å²) in [6.07, 6.45) is 5.20. The number of hydrogen-bond acceptors (Lipinski definition) is 3. The highest BCUT2D eigenvalue weighted by Crippen LogP contribution is 2.52. The van der Waals surface area contributed by atoms with Crippen molar-refractivity contribution in [2.75, 3.05) is 26.2 Å². The zero-order chi connectivity index (χ0) is 12.7. The molecule has 0 spiro atoms. The third-order valence-electron chi connectivity index (χ3n) is 4.45. The summed E-state index contributed by atoms with van der Waals surface area (Å²) in [5.74, 6) is 0.486. The van der Waals surface area contributed by atoms with Crippen molar-refractivity contribution in [1.82, 2.24) is 4.90 Å². The van der Waals surface area contributed by atoms with Gasteiger partial charge in [0.2, 0.25) is 11.8 Å². The molecule has 0 radical (unpaired) electrons. The van der Waals surface area contributed by atoms with E-state index in [0.29, 0.717) is 31.5 Å². The topological polar surface area (TPSA) is 74.2 Å². The number of imide groups is 1. The standard InChI is InChI=1S/C13H18N2O3/c16-6-4-14-3-5-15-12(17)10-8-1-2-9(7-8)11(10)13(15)18/h1-2,8-11,14,16H,3-7H2/p+1/t8-,9+,10+,11-. The Hall–Kier alpha value is -1.20. The first-order valence-electron chi connectivity index (χ1n) is 6.70. The van der Waals surface area contributed by atoms with Crippen LogP contribution in [0.1, 0.15) is 6.42 Å². The Labute approximate surface area is 106 Å². The summed E-state index contributed by atoms with van der Waals surface area (Å²) in [7, 11) is 0. The summed E-state index contributed by atoms with van der Waals surface area (Å²) in [5.41, 5.74) is 0. The van der Waals surface area contributed by atoms with Crippen LogP contribution in [0.25, 0.3) is 0 Å². The van der Waals surface area contributed by atoms with Crippen molar-refractivity contribution in [3.63, 3.8) is 0 Å². The summed E-state index contributed by atoms with van der Waals surface area (Å²) in [5, 5.41) is 10.6. The largest absolute Gasteiger partial charge is 0.391 e. The van der Waals surface area contributed by atoms with Gasteiger partial charge < -0.3 is 10.4 Å². The number of fused-ring (bicyclic) bond motifs is 5. The first-order chi connectivity index (χ1) is 8.74. The van der Waals surface area contributed by atoms with Crippen LogP contribution in [0.3, 0.4) is 0 Å². The van der Waals surface area contributed by atoms with E-state index in [9.17, 15) is 9.59 Å². The lowest BCUT2D eigenvalue weighted by atomic mass is 9.85. The molecule has 3 rings (SSSR count). The van der Waals surface area contributed by atoms with Crippen LogP contribution in [0, 0.1) is 23.7 Å². The Bertz CT molecular complexity index is 377. The molecule has 5 nitrogen and oxygen atoms in total. The number of quaternary nitrogens is 1. The van der Waals surface area contributed by atoms with Gasteiger partial charge in [0.25, 0.3) is 0 Å². The van der Waals surface area contributed by atoms with Crippen molar-refractivity contribution in [2.45, 2.75) is 6.42 Å². The van der Waals surface area contributed by atoms with E-state index < -0.39 is 0 Å². The summed E-state index contributed by atoms with van der Waals surface area (Å²) < 4.78 is 0. The summed E-state index contributed by atoms with van der Waals surface area (Å²) >= 11 is 0. The number of allylic oxidation sites excluding steroid dienone is 2. The van der Waals surface area contributed by atoms with E-state index in [2.05, 4.69) is 12.2 Å². The lowest BCUT2D eigenvalue weighted by Gasteiger charge is -2.15. The van der Waals surface area contributed by atoms with Gasteiger partial charge in [-0.1, -0.05) is 12.2 Å². The van der Waals surface area contributed by atoms with Crippen LogP contribution >= 0.6 is 0 Å². The highest BCUT2D eigenvalue weighted by Gasteiger charge is 2.59. The molecule has 3 aliphatic rings. The lowest BCUT2D eigenvalue weighted by molar-refractivity contribution is -0.655. The van der Waals surface area contributed by atoms with Crippen molar-refractivity contribution in [1.29, 1.82) is 0 Å². The number of amides is 2. The second kappa shape index (κ2) is 4.48. The average molecular weight is 251 g/mol. The van der Waals surface area contributed by atoms with Crippen LogP contribution in [-0.2, 0) is 9.59 Å². The number of aliphatic hydroxyl groups excluding tert-OH is 1. The third kappa shape index (κ3) is 1.61. The second-order valence-corrected chi connectivity index (χ2v) is 5.42. The molecule has 2 bridgehead atoms. The molecule has 0 aromatic heterocycles. The van der Waals surface area contributed by atoms with E-state index in [4.69, 9.17) is 5.11 Å². The first kappa shape index (κ1) is 11.9. The average Bonchev–Trinajstić information content (AvgIpc) is 3.02. The maximum Gasteiger partial charge on any atom is 0.233 e. The Balaban J connectivity index is 1.65. The number of rotatable bonds is 5. The number of nitrogens with zero attached hydrogens (tertiary/aromatic N) is 1. The maximum absolute atomic E-state index is 12.3. The molecule has 0 aromatic rings. The molecular formula is C13H19N2O3+. The zero-order valence-electron chi connectivity index (χ0n) is 10.3. The van der Waals surface area contributed by atoms with Crippen LogP contribution < -0.4 is 5.32 Å². The number of likely N-dealkylation sites (tertiary alicyclic amines) is 1. The fourth-order valence-electron chi connectivity index (χ4n) is 3.64. The molecule has 0 unspecified atom stereocenters. The minimum absolute atomic E-state index is 0.0271. The number of hydrogen-bond donors (Lipinski definition) is 2. The molecule has 1 aliphatic heterocycles. The van der Waals surface area contributed by atoms with Crippen LogP contribution in [0.4, 0.5) is 0 Å². The first-order valence-corrected chi connectivity index (χ1v) is 6.70. The van der Waals surface area contributed by atoms with E-state index in [0.717, 1.165) is 6.42 Å². The van der Waals surface area contributed by atoms with Crippen molar-refractivity contribution < 1.29 is 20.0 Å². The van der Waals surface area contributed by atoms with Gasteiger partial charge >= 0.3 is 0 Å². The number of carbonyl (C=O) groups is 2. The van der Waals surface area contributed by atoms with E-state index >= 15 is 0 Å². The number of nitrogens with two attached hydrogens (primary N) is 1. The summed E-state index contributed by atoms with van der Waals surface area (Å²) in [6, 6.07) is 0. The third-order valence-corrected chi connectivity index (χ3v) is 4.45. The zero-order valence-corrected chi connectivity index (χ0v) is 10.3. The Morgan fingerprint density at radius 2 is 1.78 bits per heavy atom. The molecule has 1 saturated heterocycles. The molecular weight excluding hydrogens is 232 g/mol. The van der Waals surface area contributed by atoms with Gasteiger partial charge in [-0.05, 0) is 18.3 Å². The van der Waals surface area contributed by atoms with Gasteiger partial charge in [-0.2, -0.15) is 0 Å². The van der Waals surface area contributed by atoms with Crippen LogP contribution in [0.2, 0.25) is 0 Å². The smallest absolute Gasteiger partial charge is 0.233 e. The highest BCUT2D eigenvalue weighted by molar-refractivity contribution is 6.06. The van der Waals surface area contributed by atoms with Crippen LogP contribution in [-0.4, -0.2) is 48.1 Å². The van der Waals surface area contributed by atoms with Gasteiger partial charge in [0.1, 0.15) is 0 Å². The minimum Gasteiger partial charge on any atom is -0.391 e. The molecule has 2 fully saturated rings. The predicted molar refractivity (Wildman–Crippen MR) is 63.2 cm³/mol. The van der Waals surface area contributed by atoms with Gasteiger partial charge in [0.15, 0.2) is 0 Å². The monoisotopic (exact) mass is 251 g/mol. The molecule has 0 aromatic carbocycles. The Morgan fingerprint density at radius 1 is 1.17 bits per heavy atom. The Morgan fingerprint density at radius 3 is 2.33 bits per heavy atom. The number of aliphatic hydroxyl groups is 1. The van der Waals surface area contributed by atoms with Crippen LogP contribution in [0.5, 0.6) is 0 Å². The molecule has 98 valence electrons. The SMILES string of the molecule is O=C1[C@@H]2[C@H](C(=O)N1CC[NH2+]CCO)[C@H]1C=C[C@@H]2C1. The fraction of sp³-hybridized carbons (Fsp3) is 0.692. The molecule has 2 aliphatic carbocycles. The molecule has 4 atom stereocenters. The van der Waals surface area contributed by atoms with Gasteiger partial charge in [0, 0.05) is 0 Å². The molecule has 1 heterocycles. The molecule has 18 heavy (non-hydrogen) atoms. The van der Waals surface area contributed by atoms with Crippen molar-refractivity contribution in [3.05, 3.63) is 12.2 Å². The predicted octanol–water partition coefficient (Wildman–Crippen LogP) is -1.65. The van der Waals surface area contributed by atoms with Crippen molar-refractivity contribution >= 4 is 11.8 Å². The van der Waals surface area contributed by atoms with E-state index in [1.165, 1.54) is 4.90 Å².